The molecule has 0 unspecified atom stereocenters. The van der Waals surface area contributed by atoms with Gasteiger partial charge in [-0.3, -0.25) is 9.48 Å². The van der Waals surface area contributed by atoms with E-state index in [-0.39, 0.29) is 12.1 Å². The topological polar surface area (TPSA) is 85.8 Å². The van der Waals surface area contributed by atoms with Crippen molar-refractivity contribution in [2.45, 2.75) is 12.7 Å². The summed E-state index contributed by atoms with van der Waals surface area (Å²) in [4.78, 5) is 15.7. The van der Waals surface area contributed by atoms with E-state index in [9.17, 15) is 18.0 Å². The van der Waals surface area contributed by atoms with Crippen molar-refractivity contribution >= 4 is 11.6 Å². The van der Waals surface area contributed by atoms with Crippen LogP contribution in [0.1, 0.15) is 21.7 Å². The fourth-order valence-electron chi connectivity index (χ4n) is 1.67. The van der Waals surface area contributed by atoms with E-state index in [1.165, 1.54) is 17.1 Å². The Morgan fingerprint density at radius 1 is 1.43 bits per heavy atom. The summed E-state index contributed by atoms with van der Waals surface area (Å²) in [7, 11) is 1.66. The van der Waals surface area contributed by atoms with E-state index in [2.05, 4.69) is 15.4 Å². The van der Waals surface area contributed by atoms with Crippen LogP contribution in [-0.2, 0) is 19.8 Å². The molecule has 0 saturated heterocycles. The van der Waals surface area contributed by atoms with Crippen LogP contribution in [0.3, 0.4) is 0 Å². The molecule has 3 N–H and O–H groups in total. The predicted octanol–water partition coefficient (Wildman–Crippen LogP) is 1.35. The van der Waals surface area contributed by atoms with Gasteiger partial charge in [0.05, 0.1) is 12.1 Å². The summed E-state index contributed by atoms with van der Waals surface area (Å²) < 4.78 is 39.6. The molecule has 2 rings (SSSR count). The fraction of sp³-hybridized carbons (Fsp3) is 0.250. The van der Waals surface area contributed by atoms with Gasteiger partial charge in [0.15, 0.2) is 5.82 Å². The molecule has 0 aliphatic heterocycles. The van der Waals surface area contributed by atoms with Gasteiger partial charge in [0.2, 0.25) is 0 Å². The van der Waals surface area contributed by atoms with Crippen molar-refractivity contribution in [3.8, 4) is 0 Å². The number of halogens is 3. The first kappa shape index (κ1) is 14.8. The lowest BCUT2D eigenvalue weighted by Gasteiger charge is -2.11. The first-order valence-corrected chi connectivity index (χ1v) is 5.87. The molecule has 0 bridgehead atoms. The van der Waals surface area contributed by atoms with Crippen LogP contribution >= 0.6 is 0 Å². The van der Waals surface area contributed by atoms with Crippen LogP contribution in [0, 0.1) is 0 Å². The van der Waals surface area contributed by atoms with Gasteiger partial charge in [-0.25, -0.2) is 4.98 Å². The summed E-state index contributed by atoms with van der Waals surface area (Å²) in [5.74, 6) is -0.301. The van der Waals surface area contributed by atoms with Crippen LogP contribution in [-0.4, -0.2) is 20.7 Å². The molecule has 0 aliphatic carbocycles. The molecule has 0 spiro atoms. The van der Waals surface area contributed by atoms with Crippen molar-refractivity contribution < 1.29 is 18.0 Å². The quantitative estimate of drug-likeness (QED) is 0.838. The van der Waals surface area contributed by atoms with Gasteiger partial charge < -0.3 is 11.1 Å². The number of rotatable bonds is 3. The van der Waals surface area contributed by atoms with Crippen molar-refractivity contribution in [1.82, 2.24) is 20.1 Å². The summed E-state index contributed by atoms with van der Waals surface area (Å²) >= 11 is 0. The van der Waals surface area contributed by atoms with Crippen LogP contribution in [0.4, 0.5) is 18.9 Å². The third-order valence-corrected chi connectivity index (χ3v) is 2.67. The smallest absolute Gasteiger partial charge is 0.398 e. The molecule has 1 heterocycles. The molecule has 0 saturated carbocycles. The number of alkyl halides is 3. The minimum Gasteiger partial charge on any atom is -0.398 e. The van der Waals surface area contributed by atoms with Crippen molar-refractivity contribution in [3.63, 3.8) is 0 Å². The highest BCUT2D eigenvalue weighted by Crippen LogP contribution is 2.33. The first-order chi connectivity index (χ1) is 9.77. The number of carbonyl (C=O) groups is 1. The number of aromatic nitrogens is 3. The summed E-state index contributed by atoms with van der Waals surface area (Å²) in [5, 5.41) is 6.38. The monoisotopic (exact) mass is 299 g/mol. The Morgan fingerprint density at radius 3 is 2.71 bits per heavy atom. The largest absolute Gasteiger partial charge is 0.418 e. The molecule has 6 nitrogen and oxygen atoms in total. The molecule has 1 amide bonds. The molecule has 0 atom stereocenters. The minimum absolute atomic E-state index is 0.0192. The number of nitrogen functional groups attached to an aromatic ring is 1. The lowest BCUT2D eigenvalue weighted by molar-refractivity contribution is -0.136. The van der Waals surface area contributed by atoms with E-state index in [0.717, 1.165) is 12.1 Å². The van der Waals surface area contributed by atoms with E-state index < -0.39 is 23.3 Å². The van der Waals surface area contributed by atoms with Gasteiger partial charge in [-0.05, 0) is 18.2 Å². The summed E-state index contributed by atoms with van der Waals surface area (Å²) in [5.41, 5.74) is 3.68. The summed E-state index contributed by atoms with van der Waals surface area (Å²) in [6.45, 7) is 0.0192. The van der Waals surface area contributed by atoms with Crippen LogP contribution in [0.25, 0.3) is 0 Å². The Labute approximate surface area is 117 Å². The zero-order valence-corrected chi connectivity index (χ0v) is 11.0. The molecular weight excluding hydrogens is 287 g/mol. The molecular formula is C12H12F3N5O. The van der Waals surface area contributed by atoms with Gasteiger partial charge in [-0.2, -0.15) is 18.3 Å². The molecule has 112 valence electrons. The number of hydrogen-bond donors (Lipinski definition) is 2. The predicted molar refractivity (Wildman–Crippen MR) is 68.0 cm³/mol. The van der Waals surface area contributed by atoms with Crippen LogP contribution in [0.15, 0.2) is 24.5 Å². The number of nitrogens with two attached hydrogens (primary N) is 1. The van der Waals surface area contributed by atoms with E-state index in [4.69, 9.17) is 5.73 Å². The molecule has 21 heavy (non-hydrogen) atoms. The third-order valence-electron chi connectivity index (χ3n) is 2.67. The Morgan fingerprint density at radius 2 is 2.14 bits per heavy atom. The number of amides is 1. The molecule has 0 fully saturated rings. The molecule has 1 aromatic carbocycles. The van der Waals surface area contributed by atoms with Gasteiger partial charge in [0.1, 0.15) is 6.33 Å². The Balaban J connectivity index is 2.12. The SMILES string of the molecule is Cn1cnc(CNC(=O)c2ccc(N)c(C(F)(F)F)c2)n1. The van der Waals surface area contributed by atoms with E-state index in [1.807, 2.05) is 0 Å². The van der Waals surface area contributed by atoms with Gasteiger partial charge in [0.25, 0.3) is 5.91 Å². The maximum absolute atomic E-state index is 12.7. The Kier molecular flexibility index (Phi) is 3.83. The zero-order valence-electron chi connectivity index (χ0n) is 11.0. The number of hydrogen-bond acceptors (Lipinski definition) is 4. The average Bonchev–Trinajstić information content (AvgIpc) is 2.81. The molecule has 2 aromatic rings. The number of carbonyl (C=O) groups excluding carboxylic acids is 1. The highest BCUT2D eigenvalue weighted by atomic mass is 19.4. The highest BCUT2D eigenvalue weighted by Gasteiger charge is 2.33. The minimum atomic E-state index is -4.61. The molecule has 1 aromatic heterocycles. The summed E-state index contributed by atoms with van der Waals surface area (Å²) in [6, 6.07) is 3.00. The second-order valence-corrected chi connectivity index (χ2v) is 4.32. The number of nitrogens with zero attached hydrogens (tertiary/aromatic N) is 3. The lowest BCUT2D eigenvalue weighted by atomic mass is 10.1. The number of aryl methyl sites for hydroxylation is 1. The normalized spacial score (nSPS) is 11.4. The zero-order chi connectivity index (χ0) is 15.6. The maximum atomic E-state index is 12.7. The van der Waals surface area contributed by atoms with Crippen molar-refractivity contribution in [1.29, 1.82) is 0 Å². The van der Waals surface area contributed by atoms with Gasteiger partial charge in [-0.15, -0.1) is 0 Å². The van der Waals surface area contributed by atoms with Crippen LogP contribution in [0.2, 0.25) is 0 Å². The lowest BCUT2D eigenvalue weighted by Crippen LogP contribution is -2.24. The van der Waals surface area contributed by atoms with E-state index >= 15 is 0 Å². The standard InChI is InChI=1S/C12H12F3N5O/c1-20-6-18-10(19-20)5-17-11(21)7-2-3-9(16)8(4-7)12(13,14)15/h2-4,6H,5,16H2,1H3,(H,17,21). The number of anilines is 1. The fourth-order valence-corrected chi connectivity index (χ4v) is 1.67. The average molecular weight is 299 g/mol. The van der Waals surface area contributed by atoms with Gasteiger partial charge >= 0.3 is 6.18 Å². The number of nitrogens with one attached hydrogen (secondary N) is 1. The highest BCUT2D eigenvalue weighted by molar-refractivity contribution is 5.94. The summed E-state index contributed by atoms with van der Waals surface area (Å²) in [6.07, 6.45) is -3.16. The second-order valence-electron chi connectivity index (χ2n) is 4.32. The van der Waals surface area contributed by atoms with Crippen molar-refractivity contribution in [3.05, 3.63) is 41.5 Å². The maximum Gasteiger partial charge on any atom is 0.418 e. The molecule has 0 radical (unpaired) electrons. The van der Waals surface area contributed by atoms with Crippen molar-refractivity contribution in [2.75, 3.05) is 5.73 Å². The van der Waals surface area contributed by atoms with Crippen molar-refractivity contribution in [2.24, 2.45) is 7.05 Å². The Hall–Kier alpha value is -2.58. The second kappa shape index (κ2) is 5.43. The first-order valence-electron chi connectivity index (χ1n) is 5.87. The van der Waals surface area contributed by atoms with Gasteiger partial charge in [0, 0.05) is 18.3 Å². The van der Waals surface area contributed by atoms with Crippen LogP contribution in [0.5, 0.6) is 0 Å². The third kappa shape index (κ3) is 3.50. The number of benzene rings is 1. The van der Waals surface area contributed by atoms with Gasteiger partial charge in [-0.1, -0.05) is 0 Å². The van der Waals surface area contributed by atoms with E-state index in [0.29, 0.717) is 5.82 Å². The molecule has 9 heteroatoms. The van der Waals surface area contributed by atoms with Crippen LogP contribution < -0.4 is 11.1 Å². The molecule has 0 aliphatic rings. The Bertz CT molecular complexity index is 665. The van der Waals surface area contributed by atoms with E-state index in [1.54, 1.807) is 7.05 Å².